The van der Waals surface area contributed by atoms with E-state index in [0.717, 1.165) is 22.4 Å². The van der Waals surface area contributed by atoms with Crippen LogP contribution in [0.25, 0.3) is 11.1 Å². The Balaban J connectivity index is 2.34. The van der Waals surface area contributed by atoms with E-state index >= 15 is 0 Å². The molecule has 1 atom stereocenters. The summed E-state index contributed by atoms with van der Waals surface area (Å²) < 4.78 is 5.26. The van der Waals surface area contributed by atoms with E-state index in [1.54, 1.807) is 7.11 Å². The van der Waals surface area contributed by atoms with Gasteiger partial charge in [-0.05, 0) is 43.2 Å². The molecular weight excluding hydrogens is 288 g/mol. The smallest absolute Gasteiger partial charge is 0.231 e. The fourth-order valence-corrected chi connectivity index (χ4v) is 2.96. The average Bonchev–Trinajstić information content (AvgIpc) is 2.55. The number of ether oxygens (including phenoxy) is 1. The van der Waals surface area contributed by atoms with E-state index < -0.39 is 0 Å². The van der Waals surface area contributed by atoms with E-state index in [2.05, 4.69) is 10.3 Å². The normalized spacial score (nSPS) is 16.6. The summed E-state index contributed by atoms with van der Waals surface area (Å²) in [7, 11) is 1.61. The molecule has 0 bridgehead atoms. The van der Waals surface area contributed by atoms with Gasteiger partial charge in [-0.1, -0.05) is 17.7 Å². The molecule has 2 heterocycles. The molecule has 3 rings (SSSR count). The van der Waals surface area contributed by atoms with Crippen molar-refractivity contribution in [2.24, 2.45) is 0 Å². The van der Waals surface area contributed by atoms with Gasteiger partial charge in [0.2, 0.25) is 5.91 Å². The van der Waals surface area contributed by atoms with E-state index in [9.17, 15) is 4.79 Å². The van der Waals surface area contributed by atoms with Crippen molar-refractivity contribution in [2.45, 2.75) is 19.8 Å². The van der Waals surface area contributed by atoms with Crippen molar-refractivity contribution in [3.8, 4) is 16.9 Å². The van der Waals surface area contributed by atoms with Crippen molar-refractivity contribution in [3.05, 3.63) is 40.7 Å². The minimum absolute atomic E-state index is 0.0649. The number of nitrogens with zero attached hydrogens (tertiary/aromatic N) is 1. The number of benzene rings is 1. The quantitative estimate of drug-likeness (QED) is 0.816. The number of hydrogen-bond donors (Lipinski definition) is 1. The Kier molecular flexibility index (Phi) is 3.33. The molecule has 0 saturated carbocycles. The summed E-state index contributed by atoms with van der Waals surface area (Å²) in [5.41, 5.74) is 4.03. The number of methoxy groups -OCH3 is 1. The van der Waals surface area contributed by atoms with E-state index in [1.807, 2.05) is 38.1 Å². The summed E-state index contributed by atoms with van der Waals surface area (Å²) in [6.45, 7) is 3.72. The third-order valence-electron chi connectivity index (χ3n) is 3.75. The lowest BCUT2D eigenvalue weighted by Crippen LogP contribution is -2.17. The van der Waals surface area contributed by atoms with Crippen LogP contribution in [0.3, 0.4) is 0 Å². The molecule has 0 spiro atoms. The van der Waals surface area contributed by atoms with Gasteiger partial charge in [0.15, 0.2) is 0 Å². The second kappa shape index (κ2) is 5.04. The van der Waals surface area contributed by atoms with Crippen molar-refractivity contribution in [1.82, 2.24) is 4.98 Å². The maximum Gasteiger partial charge on any atom is 0.231 e. The van der Waals surface area contributed by atoms with Gasteiger partial charge in [0.1, 0.15) is 10.9 Å². The molecule has 1 aliphatic rings. The first-order valence-electron chi connectivity index (χ1n) is 6.67. The van der Waals surface area contributed by atoms with Gasteiger partial charge in [-0.25, -0.2) is 4.98 Å². The standard InChI is InChI=1S/C16H15ClN2O2/c1-8-6-13-14(15(17)18-8)11-5-4-10(21-3)7-12(11)9(2)16(20)19-13/h4-7,9H,1-3H3,(H,19,20). The lowest BCUT2D eigenvalue weighted by Gasteiger charge is -2.13. The first-order chi connectivity index (χ1) is 10.0. The Hall–Kier alpha value is -2.07. The number of pyridine rings is 1. The number of carbonyl (C=O) groups is 1. The number of hydrogen-bond acceptors (Lipinski definition) is 3. The zero-order valence-corrected chi connectivity index (χ0v) is 12.8. The molecule has 1 amide bonds. The highest BCUT2D eigenvalue weighted by molar-refractivity contribution is 6.33. The van der Waals surface area contributed by atoms with Crippen molar-refractivity contribution in [3.63, 3.8) is 0 Å². The van der Waals surface area contributed by atoms with Crippen molar-refractivity contribution in [1.29, 1.82) is 0 Å². The molecule has 1 aliphatic heterocycles. The number of amides is 1. The highest BCUT2D eigenvalue weighted by atomic mass is 35.5. The summed E-state index contributed by atoms with van der Waals surface area (Å²) in [5, 5.41) is 3.33. The van der Waals surface area contributed by atoms with Crippen LogP contribution in [0.5, 0.6) is 5.75 Å². The lowest BCUT2D eigenvalue weighted by atomic mass is 9.92. The van der Waals surface area contributed by atoms with Gasteiger partial charge in [-0.2, -0.15) is 0 Å². The fraction of sp³-hybridized carbons (Fsp3) is 0.250. The number of aromatic nitrogens is 1. The molecule has 1 unspecified atom stereocenters. The zero-order chi connectivity index (χ0) is 15.1. The number of anilines is 1. The monoisotopic (exact) mass is 302 g/mol. The maximum absolute atomic E-state index is 12.3. The first-order valence-corrected chi connectivity index (χ1v) is 7.05. The van der Waals surface area contributed by atoms with Crippen LogP contribution < -0.4 is 10.1 Å². The highest BCUT2D eigenvalue weighted by Gasteiger charge is 2.27. The molecule has 0 radical (unpaired) electrons. The molecule has 0 saturated heterocycles. The number of halogens is 1. The number of rotatable bonds is 1. The Morgan fingerprint density at radius 2 is 2.10 bits per heavy atom. The van der Waals surface area contributed by atoms with Crippen LogP contribution in [0.1, 0.15) is 24.1 Å². The van der Waals surface area contributed by atoms with Gasteiger partial charge in [0.25, 0.3) is 0 Å². The molecule has 21 heavy (non-hydrogen) atoms. The average molecular weight is 303 g/mol. The molecular formula is C16H15ClN2O2. The Labute approximate surface area is 128 Å². The molecule has 0 aliphatic carbocycles. The van der Waals surface area contributed by atoms with Crippen LogP contribution in [0, 0.1) is 6.92 Å². The molecule has 1 aromatic carbocycles. The topological polar surface area (TPSA) is 51.2 Å². The lowest BCUT2D eigenvalue weighted by molar-refractivity contribution is -0.117. The number of carbonyl (C=O) groups excluding carboxylic acids is 1. The zero-order valence-electron chi connectivity index (χ0n) is 12.0. The van der Waals surface area contributed by atoms with Crippen LogP contribution in [0.15, 0.2) is 24.3 Å². The number of nitrogens with one attached hydrogen (secondary N) is 1. The summed E-state index contributed by atoms with van der Waals surface area (Å²) in [6.07, 6.45) is 0. The van der Waals surface area contributed by atoms with E-state index in [1.165, 1.54) is 0 Å². The third kappa shape index (κ3) is 2.25. The van der Waals surface area contributed by atoms with Gasteiger partial charge in [0, 0.05) is 11.3 Å². The Bertz CT molecular complexity index is 743. The highest BCUT2D eigenvalue weighted by Crippen LogP contribution is 2.42. The van der Waals surface area contributed by atoms with Crippen molar-refractivity contribution in [2.75, 3.05) is 12.4 Å². The van der Waals surface area contributed by atoms with Gasteiger partial charge in [-0.15, -0.1) is 0 Å². The van der Waals surface area contributed by atoms with Gasteiger partial charge >= 0.3 is 0 Å². The van der Waals surface area contributed by atoms with E-state index in [-0.39, 0.29) is 11.8 Å². The van der Waals surface area contributed by atoms with Gasteiger partial charge in [-0.3, -0.25) is 4.79 Å². The third-order valence-corrected chi connectivity index (χ3v) is 4.02. The minimum Gasteiger partial charge on any atom is -0.497 e. The van der Waals surface area contributed by atoms with Crippen molar-refractivity contribution >= 4 is 23.2 Å². The molecule has 1 aromatic heterocycles. The summed E-state index contributed by atoms with van der Waals surface area (Å²) in [4.78, 5) is 16.6. The molecule has 1 N–H and O–H groups in total. The van der Waals surface area contributed by atoms with Crippen LogP contribution in [-0.4, -0.2) is 18.0 Å². The van der Waals surface area contributed by atoms with Gasteiger partial charge in [0.05, 0.1) is 18.7 Å². The van der Waals surface area contributed by atoms with E-state index in [0.29, 0.717) is 16.6 Å². The molecule has 5 heteroatoms. The molecule has 0 fully saturated rings. The molecule has 108 valence electrons. The fourth-order valence-electron chi connectivity index (χ4n) is 2.63. The number of aryl methyl sites for hydroxylation is 1. The number of fused-ring (bicyclic) bond motifs is 3. The molecule has 2 aromatic rings. The van der Waals surface area contributed by atoms with Crippen LogP contribution in [-0.2, 0) is 4.79 Å². The summed E-state index contributed by atoms with van der Waals surface area (Å²) in [5.74, 6) is 0.358. The van der Waals surface area contributed by atoms with Gasteiger partial charge < -0.3 is 10.1 Å². The Morgan fingerprint density at radius 3 is 2.81 bits per heavy atom. The summed E-state index contributed by atoms with van der Waals surface area (Å²) in [6, 6.07) is 7.50. The summed E-state index contributed by atoms with van der Waals surface area (Å²) >= 11 is 6.32. The van der Waals surface area contributed by atoms with Crippen LogP contribution >= 0.6 is 11.6 Å². The second-order valence-corrected chi connectivity index (χ2v) is 5.50. The van der Waals surface area contributed by atoms with E-state index in [4.69, 9.17) is 16.3 Å². The minimum atomic E-state index is -0.293. The Morgan fingerprint density at radius 1 is 1.33 bits per heavy atom. The first kappa shape index (κ1) is 13.9. The predicted molar refractivity (Wildman–Crippen MR) is 83.0 cm³/mol. The van der Waals surface area contributed by atoms with Crippen molar-refractivity contribution < 1.29 is 9.53 Å². The largest absolute Gasteiger partial charge is 0.497 e. The SMILES string of the molecule is COc1ccc2c(c1)C(C)C(=O)Nc1cc(C)nc(Cl)c1-2. The maximum atomic E-state index is 12.3. The molecule has 4 nitrogen and oxygen atoms in total. The van der Waals surface area contributed by atoms with Crippen LogP contribution in [0.2, 0.25) is 5.15 Å². The van der Waals surface area contributed by atoms with Crippen LogP contribution in [0.4, 0.5) is 5.69 Å². The predicted octanol–water partition coefficient (Wildman–Crippen LogP) is 3.77. The second-order valence-electron chi connectivity index (χ2n) is 5.14.